The smallest absolute Gasteiger partial charge is 0.216 e. The Morgan fingerprint density at radius 2 is 2.30 bits per heavy atom. The van der Waals surface area contributed by atoms with E-state index >= 15 is 0 Å². The third-order valence-electron chi connectivity index (χ3n) is 3.03. The van der Waals surface area contributed by atoms with Crippen LogP contribution in [-0.4, -0.2) is 32.8 Å². The molecule has 0 aliphatic carbocycles. The highest BCUT2D eigenvalue weighted by molar-refractivity contribution is 7.71. The summed E-state index contributed by atoms with van der Waals surface area (Å²) in [5, 5.41) is 23.4. The summed E-state index contributed by atoms with van der Waals surface area (Å²) in [4.78, 5) is 0.946. The summed E-state index contributed by atoms with van der Waals surface area (Å²) in [5.41, 5.74) is 0.538. The number of aromatic amines is 1. The number of nitrogens with one attached hydrogen (secondary N) is 1. The molecule has 0 atom stereocenters. The van der Waals surface area contributed by atoms with E-state index in [4.69, 9.17) is 17.0 Å². The Bertz CT molecular complexity index is 881. The minimum absolute atomic E-state index is 0.0470. The van der Waals surface area contributed by atoms with Crippen molar-refractivity contribution in [1.82, 2.24) is 14.9 Å². The summed E-state index contributed by atoms with van der Waals surface area (Å²) in [6.07, 6.45) is 1.53. The highest BCUT2D eigenvalue weighted by Gasteiger charge is 2.10. The van der Waals surface area contributed by atoms with Gasteiger partial charge in [-0.3, -0.25) is 0 Å². The molecule has 0 saturated heterocycles. The van der Waals surface area contributed by atoms with Gasteiger partial charge in [0.2, 0.25) is 4.77 Å². The highest BCUT2D eigenvalue weighted by Crippen LogP contribution is 2.29. The molecule has 0 aliphatic rings. The Hall–Kier alpha value is -2.45. The number of aromatic nitrogens is 3. The molecule has 23 heavy (non-hydrogen) atoms. The van der Waals surface area contributed by atoms with Gasteiger partial charge in [0, 0.05) is 5.56 Å². The van der Waals surface area contributed by atoms with E-state index in [-0.39, 0.29) is 5.75 Å². The number of phenolic OH excluding ortho intramolecular Hbond substituents is 1. The van der Waals surface area contributed by atoms with Crippen LogP contribution >= 0.6 is 23.6 Å². The zero-order valence-corrected chi connectivity index (χ0v) is 13.9. The maximum absolute atomic E-state index is 10.2. The van der Waals surface area contributed by atoms with Crippen LogP contribution in [0.5, 0.6) is 11.5 Å². The van der Waals surface area contributed by atoms with E-state index in [1.165, 1.54) is 10.9 Å². The van der Waals surface area contributed by atoms with Crippen molar-refractivity contribution in [3.63, 3.8) is 0 Å². The average molecular weight is 346 g/mol. The van der Waals surface area contributed by atoms with E-state index in [1.54, 1.807) is 29.5 Å². The topological polar surface area (TPSA) is 75.4 Å². The number of thiophene rings is 1. The van der Waals surface area contributed by atoms with Crippen LogP contribution in [0.3, 0.4) is 0 Å². The van der Waals surface area contributed by atoms with Crippen LogP contribution in [0.15, 0.2) is 40.8 Å². The molecule has 3 aromatic rings. The van der Waals surface area contributed by atoms with Gasteiger partial charge in [0.15, 0.2) is 17.3 Å². The summed E-state index contributed by atoms with van der Waals surface area (Å²) >= 11 is 6.76. The predicted octanol–water partition coefficient (Wildman–Crippen LogP) is 3.66. The number of phenols is 1. The zero-order valence-electron chi connectivity index (χ0n) is 12.3. The van der Waals surface area contributed by atoms with Gasteiger partial charge in [-0.05, 0) is 42.7 Å². The van der Waals surface area contributed by atoms with Crippen LogP contribution in [0.25, 0.3) is 10.7 Å². The van der Waals surface area contributed by atoms with E-state index in [0.29, 0.717) is 28.5 Å². The van der Waals surface area contributed by atoms with Crippen molar-refractivity contribution in [3.8, 4) is 22.2 Å². The maximum Gasteiger partial charge on any atom is 0.216 e. The van der Waals surface area contributed by atoms with Crippen LogP contribution in [-0.2, 0) is 0 Å². The lowest BCUT2D eigenvalue weighted by atomic mass is 10.2. The zero-order chi connectivity index (χ0) is 16.2. The summed E-state index contributed by atoms with van der Waals surface area (Å²) in [6, 6.07) is 9.12. The van der Waals surface area contributed by atoms with Crippen molar-refractivity contribution in [2.24, 2.45) is 5.10 Å². The van der Waals surface area contributed by atoms with Crippen LogP contribution in [0.2, 0.25) is 0 Å². The molecule has 2 N–H and O–H groups in total. The number of ether oxygens (including phenoxy) is 1. The summed E-state index contributed by atoms with van der Waals surface area (Å²) in [7, 11) is 0. The van der Waals surface area contributed by atoms with Crippen molar-refractivity contribution in [3.05, 3.63) is 46.0 Å². The Labute approximate surface area is 141 Å². The molecule has 0 spiro atoms. The number of nitrogens with zero attached hydrogens (tertiary/aromatic N) is 3. The first kappa shape index (κ1) is 15.4. The molecule has 118 valence electrons. The predicted molar refractivity (Wildman–Crippen MR) is 93.0 cm³/mol. The van der Waals surface area contributed by atoms with Gasteiger partial charge in [0.05, 0.1) is 17.7 Å². The van der Waals surface area contributed by atoms with Gasteiger partial charge in [0.25, 0.3) is 0 Å². The standard InChI is InChI=1S/C15H14N4O2S2/c1-2-21-11-6-3-5-10(13(11)20)9-16-19-14(17-18-15(19)22)12-7-4-8-23-12/h3-9,20H,2H2,1H3,(H,18,22)/b16-9-. The highest BCUT2D eigenvalue weighted by atomic mass is 32.1. The lowest BCUT2D eigenvalue weighted by Gasteiger charge is -2.07. The number of hydrogen-bond donors (Lipinski definition) is 2. The van der Waals surface area contributed by atoms with E-state index in [1.807, 2.05) is 24.4 Å². The van der Waals surface area contributed by atoms with Gasteiger partial charge in [-0.1, -0.05) is 12.1 Å². The largest absolute Gasteiger partial charge is 0.504 e. The van der Waals surface area contributed by atoms with Crippen molar-refractivity contribution in [1.29, 1.82) is 0 Å². The van der Waals surface area contributed by atoms with Gasteiger partial charge >= 0.3 is 0 Å². The Morgan fingerprint density at radius 3 is 3.04 bits per heavy atom. The molecule has 0 fully saturated rings. The summed E-state index contributed by atoms with van der Waals surface area (Å²) < 4.78 is 7.27. The van der Waals surface area contributed by atoms with E-state index < -0.39 is 0 Å². The van der Waals surface area contributed by atoms with Crippen LogP contribution in [0.1, 0.15) is 12.5 Å². The monoisotopic (exact) mass is 346 g/mol. The third kappa shape index (κ3) is 3.17. The minimum atomic E-state index is 0.0470. The van der Waals surface area contributed by atoms with Crippen molar-refractivity contribution >= 4 is 29.8 Å². The number of aromatic hydroxyl groups is 1. The first-order valence-corrected chi connectivity index (χ1v) is 8.20. The first-order valence-electron chi connectivity index (χ1n) is 6.91. The van der Waals surface area contributed by atoms with E-state index in [9.17, 15) is 5.11 Å². The quantitative estimate of drug-likeness (QED) is 0.546. The molecule has 0 saturated carbocycles. The maximum atomic E-state index is 10.2. The van der Waals surface area contributed by atoms with Crippen LogP contribution in [0, 0.1) is 4.77 Å². The van der Waals surface area contributed by atoms with Crippen molar-refractivity contribution < 1.29 is 9.84 Å². The molecule has 8 heteroatoms. The number of rotatable bonds is 5. The fraction of sp³-hybridized carbons (Fsp3) is 0.133. The molecule has 1 aromatic carbocycles. The SMILES string of the molecule is CCOc1cccc(/C=N\n2c(-c3cccs3)n[nH]c2=S)c1O. The van der Waals surface area contributed by atoms with Gasteiger partial charge in [-0.15, -0.1) is 11.3 Å². The third-order valence-corrected chi connectivity index (χ3v) is 4.16. The molecule has 0 radical (unpaired) electrons. The number of H-pyrrole nitrogens is 1. The van der Waals surface area contributed by atoms with Crippen molar-refractivity contribution in [2.75, 3.05) is 6.61 Å². The van der Waals surface area contributed by atoms with Crippen LogP contribution < -0.4 is 4.74 Å². The van der Waals surface area contributed by atoms with E-state index in [2.05, 4.69) is 15.3 Å². The number of hydrogen-bond acceptors (Lipinski definition) is 6. The normalized spacial score (nSPS) is 11.2. The van der Waals surface area contributed by atoms with Gasteiger partial charge in [-0.25, -0.2) is 5.10 Å². The van der Waals surface area contributed by atoms with Gasteiger partial charge in [0.1, 0.15) is 0 Å². The lowest BCUT2D eigenvalue weighted by molar-refractivity contribution is 0.318. The van der Waals surface area contributed by atoms with Crippen molar-refractivity contribution in [2.45, 2.75) is 6.92 Å². The molecule has 2 aromatic heterocycles. The second-order valence-corrected chi connectivity index (χ2v) is 5.85. The minimum Gasteiger partial charge on any atom is -0.504 e. The molecule has 0 amide bonds. The van der Waals surface area contributed by atoms with Gasteiger partial charge < -0.3 is 9.84 Å². The van der Waals surface area contributed by atoms with Gasteiger partial charge in [-0.2, -0.15) is 14.9 Å². The Kier molecular flexibility index (Phi) is 4.54. The first-order chi connectivity index (χ1) is 11.2. The molecule has 0 aliphatic heterocycles. The van der Waals surface area contributed by atoms with Crippen LogP contribution in [0.4, 0.5) is 0 Å². The fourth-order valence-corrected chi connectivity index (χ4v) is 2.88. The average Bonchev–Trinajstić information content (AvgIpc) is 3.18. The molecular weight excluding hydrogens is 332 g/mol. The Balaban J connectivity index is 1.97. The second kappa shape index (κ2) is 6.76. The molecule has 0 unspecified atom stereocenters. The Morgan fingerprint density at radius 1 is 1.43 bits per heavy atom. The summed E-state index contributed by atoms with van der Waals surface area (Å²) in [6.45, 7) is 2.34. The number of benzene rings is 1. The molecular formula is C15H14N4O2S2. The second-order valence-electron chi connectivity index (χ2n) is 4.51. The summed E-state index contributed by atoms with van der Waals surface area (Å²) in [5.74, 6) is 1.10. The lowest BCUT2D eigenvalue weighted by Crippen LogP contribution is -1.96. The molecule has 0 bridgehead atoms. The van der Waals surface area contributed by atoms with E-state index in [0.717, 1.165) is 4.88 Å². The fourth-order valence-electron chi connectivity index (χ4n) is 2.00. The molecule has 3 rings (SSSR count). The number of para-hydroxylation sites is 1. The molecule has 6 nitrogen and oxygen atoms in total. The molecule has 2 heterocycles.